The van der Waals surface area contributed by atoms with Gasteiger partial charge >= 0.3 is 0 Å². The van der Waals surface area contributed by atoms with Crippen LogP contribution in [0.2, 0.25) is 0 Å². The number of nitrogens with one attached hydrogen (secondary N) is 2. The number of methoxy groups -OCH3 is 3. The molecule has 1 atom stereocenters. The molecule has 168 valence electrons. The van der Waals surface area contributed by atoms with Gasteiger partial charge in [-0.1, -0.05) is 6.07 Å². The third-order valence-corrected chi connectivity index (χ3v) is 3.41. The fourth-order valence-electron chi connectivity index (χ4n) is 2.02. The van der Waals surface area contributed by atoms with Crippen LogP contribution < -0.4 is 10.6 Å². The number of nitrogens with zero attached hydrogens (tertiary/aromatic N) is 1. The summed E-state index contributed by atoms with van der Waals surface area (Å²) < 4.78 is 14.6. The van der Waals surface area contributed by atoms with E-state index in [0.717, 1.165) is 18.7 Å². The molecule has 0 aromatic heterocycles. The maximum atomic E-state index is 10.9. The van der Waals surface area contributed by atoms with Crippen LogP contribution in [0.15, 0.2) is 18.2 Å². The van der Waals surface area contributed by atoms with Crippen molar-refractivity contribution >= 4 is 23.2 Å². The largest absolute Gasteiger partial charge is 0.385 e. The van der Waals surface area contributed by atoms with Gasteiger partial charge < -0.3 is 29.7 Å². The fraction of sp³-hybridized carbons (Fsp3) is 0.619. The molecule has 2 N–H and O–H groups in total. The van der Waals surface area contributed by atoms with Crippen molar-refractivity contribution in [1.29, 1.82) is 0 Å². The van der Waals surface area contributed by atoms with Crippen LogP contribution in [0.3, 0.4) is 0 Å². The van der Waals surface area contributed by atoms with Gasteiger partial charge in [0.15, 0.2) is 0 Å². The Hall–Kier alpha value is -2.00. The average molecular weight is 414 g/mol. The molecule has 1 aromatic rings. The maximum Gasteiger partial charge on any atom is 0.221 e. The van der Waals surface area contributed by atoms with Gasteiger partial charge in [0.2, 0.25) is 11.8 Å². The molecule has 0 bridgehead atoms. The Balaban J connectivity index is 0. The second-order valence-electron chi connectivity index (χ2n) is 6.54. The molecule has 0 spiro atoms. The molecule has 0 aliphatic rings. The summed E-state index contributed by atoms with van der Waals surface area (Å²) in [6.45, 7) is 9.13. The zero-order valence-electron chi connectivity index (χ0n) is 19.4. The molecular weight excluding hydrogens is 374 g/mol. The Morgan fingerprint density at radius 3 is 1.97 bits per heavy atom. The highest BCUT2D eigenvalue weighted by Gasteiger charge is 2.06. The molecule has 8 nitrogen and oxygen atoms in total. The van der Waals surface area contributed by atoms with Crippen LogP contribution in [-0.4, -0.2) is 78.0 Å². The van der Waals surface area contributed by atoms with Gasteiger partial charge in [0.05, 0.1) is 12.7 Å². The lowest BCUT2D eigenvalue weighted by Gasteiger charge is -2.18. The lowest BCUT2D eigenvalue weighted by molar-refractivity contribution is -0.115. The van der Waals surface area contributed by atoms with E-state index in [1.165, 1.54) is 13.8 Å². The smallest absolute Gasteiger partial charge is 0.221 e. The van der Waals surface area contributed by atoms with E-state index < -0.39 is 0 Å². The zero-order valence-corrected chi connectivity index (χ0v) is 19.4. The normalized spacial score (nSPS) is 10.8. The molecule has 8 heteroatoms. The summed E-state index contributed by atoms with van der Waals surface area (Å²) in [6.07, 6.45) is 0.194. The van der Waals surface area contributed by atoms with Gasteiger partial charge in [-0.25, -0.2) is 0 Å². The summed E-state index contributed by atoms with van der Waals surface area (Å²) in [5.74, 6) is -0.259. The van der Waals surface area contributed by atoms with Crippen molar-refractivity contribution in [2.75, 3.05) is 65.8 Å². The van der Waals surface area contributed by atoms with Crippen LogP contribution >= 0.6 is 0 Å². The second kappa shape index (κ2) is 18.1. The number of aryl methyl sites for hydroxylation is 1. The zero-order chi connectivity index (χ0) is 22.8. The number of ether oxygens (including phenoxy) is 3. The van der Waals surface area contributed by atoms with Crippen molar-refractivity contribution in [1.82, 2.24) is 4.90 Å². The number of amides is 2. The molecule has 0 saturated heterocycles. The van der Waals surface area contributed by atoms with Crippen molar-refractivity contribution in [3.8, 4) is 0 Å². The van der Waals surface area contributed by atoms with E-state index in [2.05, 4.69) is 20.3 Å². The van der Waals surface area contributed by atoms with Crippen LogP contribution in [0, 0.1) is 6.92 Å². The summed E-state index contributed by atoms with van der Waals surface area (Å²) >= 11 is 0. The van der Waals surface area contributed by atoms with Gasteiger partial charge in [0.1, 0.15) is 0 Å². The summed E-state index contributed by atoms with van der Waals surface area (Å²) in [6, 6.07) is 5.37. The molecule has 0 fully saturated rings. The molecule has 1 unspecified atom stereocenters. The minimum absolute atomic E-state index is 0.127. The molecule has 0 radical (unpaired) electrons. The molecule has 29 heavy (non-hydrogen) atoms. The van der Waals surface area contributed by atoms with Gasteiger partial charge in [0, 0.05) is 59.7 Å². The number of rotatable bonds is 8. The number of hydrogen-bond acceptors (Lipinski definition) is 6. The quantitative estimate of drug-likeness (QED) is 0.681. The molecular formula is C21H39N3O5. The predicted molar refractivity (Wildman–Crippen MR) is 119 cm³/mol. The van der Waals surface area contributed by atoms with Crippen LogP contribution in [0.4, 0.5) is 11.4 Å². The van der Waals surface area contributed by atoms with E-state index in [0.29, 0.717) is 18.0 Å². The van der Waals surface area contributed by atoms with E-state index in [1.807, 2.05) is 34.0 Å². The molecule has 2 amide bonds. The Morgan fingerprint density at radius 1 is 1.03 bits per heavy atom. The van der Waals surface area contributed by atoms with Gasteiger partial charge in [0.25, 0.3) is 0 Å². The van der Waals surface area contributed by atoms with Crippen molar-refractivity contribution in [3.63, 3.8) is 0 Å². The van der Waals surface area contributed by atoms with Crippen molar-refractivity contribution in [2.24, 2.45) is 0 Å². The lowest BCUT2D eigenvalue weighted by atomic mass is 10.2. The van der Waals surface area contributed by atoms with Crippen molar-refractivity contribution in [3.05, 3.63) is 23.8 Å². The maximum absolute atomic E-state index is 10.9. The first-order chi connectivity index (χ1) is 13.6. The minimum atomic E-state index is -0.132. The highest BCUT2D eigenvalue weighted by atomic mass is 16.5. The summed E-state index contributed by atoms with van der Waals surface area (Å²) in [7, 11) is 9.10. The Labute approximate surface area is 175 Å². The van der Waals surface area contributed by atoms with Gasteiger partial charge in [-0.3, -0.25) is 9.59 Å². The summed E-state index contributed by atoms with van der Waals surface area (Å²) in [5, 5.41) is 5.35. The van der Waals surface area contributed by atoms with Gasteiger partial charge in [-0.2, -0.15) is 0 Å². The number of anilines is 2. The van der Waals surface area contributed by atoms with E-state index >= 15 is 0 Å². The van der Waals surface area contributed by atoms with Crippen LogP contribution in [0.25, 0.3) is 0 Å². The number of hydrogen-bond donors (Lipinski definition) is 2. The fourth-order valence-corrected chi connectivity index (χ4v) is 2.02. The number of likely N-dealkylation sites (N-methyl/N-ethyl adjacent to an activating group) is 1. The molecule has 1 aromatic carbocycles. The molecule has 0 aliphatic heterocycles. The Kier molecular flexibility index (Phi) is 18.2. The third-order valence-electron chi connectivity index (χ3n) is 3.41. The van der Waals surface area contributed by atoms with E-state index in [4.69, 9.17) is 9.47 Å². The second-order valence-corrected chi connectivity index (χ2v) is 6.54. The Bertz CT molecular complexity index is 577. The average Bonchev–Trinajstić information content (AvgIpc) is 2.63. The summed E-state index contributed by atoms with van der Waals surface area (Å²) in [4.78, 5) is 23.8. The number of benzene rings is 1. The van der Waals surface area contributed by atoms with Crippen molar-refractivity contribution < 1.29 is 23.8 Å². The van der Waals surface area contributed by atoms with Crippen molar-refractivity contribution in [2.45, 2.75) is 33.8 Å². The van der Waals surface area contributed by atoms with Crippen LogP contribution in [0.1, 0.15) is 26.3 Å². The van der Waals surface area contributed by atoms with Crippen LogP contribution in [0.5, 0.6) is 0 Å². The number of carbonyl (C=O) groups excluding carboxylic acids is 2. The molecule has 0 heterocycles. The van der Waals surface area contributed by atoms with Gasteiger partial charge in [-0.05, 0) is 45.6 Å². The first kappa shape index (κ1) is 29.2. The topological polar surface area (TPSA) is 89.1 Å². The van der Waals surface area contributed by atoms with Gasteiger partial charge in [-0.15, -0.1) is 0 Å². The number of carbonyl (C=O) groups is 2. The first-order valence-electron chi connectivity index (χ1n) is 9.42. The molecule has 0 aliphatic carbocycles. The monoisotopic (exact) mass is 413 g/mol. The highest BCUT2D eigenvalue weighted by molar-refractivity contribution is 5.93. The lowest BCUT2D eigenvalue weighted by Crippen LogP contribution is -2.30. The molecule has 0 saturated carbocycles. The third kappa shape index (κ3) is 17.8. The standard InChI is InChI=1S/C11H14N2O2.C7H17NO2.C3H8O/c1-7-4-5-10(12-8(2)14)6-11(7)13-9(3)15;1-8(2)5-7(10-4)6-9-3;1-3-4-2/h4-6H,1-3H3,(H,12,14)(H,13,15);7H,5-6H2,1-4H3;3H2,1-2H3. The van der Waals surface area contributed by atoms with E-state index in [9.17, 15) is 9.59 Å². The predicted octanol–water partition coefficient (Wildman–Crippen LogP) is 2.77. The van der Waals surface area contributed by atoms with Crippen LogP contribution in [-0.2, 0) is 23.8 Å². The highest BCUT2D eigenvalue weighted by Crippen LogP contribution is 2.20. The molecule has 1 rings (SSSR count). The summed E-state index contributed by atoms with van der Waals surface area (Å²) in [5.41, 5.74) is 2.35. The Morgan fingerprint density at radius 2 is 1.59 bits per heavy atom. The van der Waals surface area contributed by atoms with E-state index in [1.54, 1.807) is 33.5 Å². The van der Waals surface area contributed by atoms with E-state index in [-0.39, 0.29) is 17.9 Å². The minimum Gasteiger partial charge on any atom is -0.385 e. The SMILES string of the molecule is CC(=O)Nc1ccc(C)c(NC(C)=O)c1.CCOC.COCC(CN(C)C)OC. The first-order valence-corrected chi connectivity index (χ1v) is 9.42.